The van der Waals surface area contributed by atoms with Gasteiger partial charge in [0.25, 0.3) is 0 Å². The lowest BCUT2D eigenvalue weighted by Crippen LogP contribution is -2.20. The molecule has 0 spiro atoms. The van der Waals surface area contributed by atoms with Gasteiger partial charge >= 0.3 is 0 Å². The van der Waals surface area contributed by atoms with E-state index < -0.39 is 0 Å². The lowest BCUT2D eigenvalue weighted by atomic mass is 10.2. The fourth-order valence-electron chi connectivity index (χ4n) is 1.98. The number of rotatable bonds is 8. The van der Waals surface area contributed by atoms with Crippen LogP contribution in [0.3, 0.4) is 0 Å². The number of nitrogens with zero attached hydrogens (tertiary/aromatic N) is 2. The fourth-order valence-corrected chi connectivity index (χ4v) is 2.17. The Bertz CT molecular complexity index is 595. The Morgan fingerprint density at radius 3 is 3.00 bits per heavy atom. The Morgan fingerprint density at radius 2 is 2.24 bits per heavy atom. The first-order chi connectivity index (χ1) is 10.2. The second-order valence-corrected chi connectivity index (χ2v) is 5.11. The van der Waals surface area contributed by atoms with Crippen molar-refractivity contribution in [3.63, 3.8) is 0 Å². The van der Waals surface area contributed by atoms with Gasteiger partial charge in [-0.1, -0.05) is 29.8 Å². The van der Waals surface area contributed by atoms with Gasteiger partial charge in [-0.2, -0.15) is 5.10 Å². The number of para-hydroxylation sites is 1. The molecule has 5 heteroatoms. The van der Waals surface area contributed by atoms with Crippen LogP contribution in [0, 0.1) is 6.92 Å². The molecular weight excluding hydrogens is 286 g/mol. The molecule has 112 valence electrons. The van der Waals surface area contributed by atoms with Crippen LogP contribution in [-0.4, -0.2) is 22.9 Å². The minimum Gasteiger partial charge on any atom is -0.491 e. The number of benzene rings is 1. The average Bonchev–Trinajstić information content (AvgIpc) is 2.81. The van der Waals surface area contributed by atoms with Gasteiger partial charge in [-0.15, -0.1) is 6.58 Å². The van der Waals surface area contributed by atoms with Crippen molar-refractivity contribution in [2.75, 3.05) is 13.2 Å². The summed E-state index contributed by atoms with van der Waals surface area (Å²) in [6, 6.07) is 7.48. The molecule has 0 saturated carbocycles. The minimum atomic E-state index is 0.573. The molecule has 0 aliphatic heterocycles. The monoisotopic (exact) mass is 305 g/mol. The maximum absolute atomic E-state index is 6.02. The van der Waals surface area contributed by atoms with Crippen LogP contribution in [0.2, 0.25) is 5.02 Å². The number of ether oxygens (including phenoxy) is 1. The van der Waals surface area contributed by atoms with E-state index in [4.69, 9.17) is 16.3 Å². The topological polar surface area (TPSA) is 39.1 Å². The van der Waals surface area contributed by atoms with E-state index in [-0.39, 0.29) is 0 Å². The summed E-state index contributed by atoms with van der Waals surface area (Å²) in [5, 5.41) is 8.39. The quantitative estimate of drug-likeness (QED) is 0.601. The van der Waals surface area contributed by atoms with Crippen LogP contribution in [0.1, 0.15) is 11.3 Å². The summed E-state index contributed by atoms with van der Waals surface area (Å²) in [7, 11) is 0. The number of aryl methyl sites for hydroxylation is 1. The van der Waals surface area contributed by atoms with Crippen molar-refractivity contribution in [1.29, 1.82) is 0 Å². The Morgan fingerprint density at radius 1 is 1.43 bits per heavy atom. The van der Waals surface area contributed by atoms with Gasteiger partial charge in [0.15, 0.2) is 0 Å². The third-order valence-electron chi connectivity index (χ3n) is 3.05. The molecular formula is C16H20ClN3O. The molecule has 1 aromatic carbocycles. The largest absolute Gasteiger partial charge is 0.491 e. The Balaban J connectivity index is 1.72. The summed E-state index contributed by atoms with van der Waals surface area (Å²) in [4.78, 5) is 0. The lowest BCUT2D eigenvalue weighted by Gasteiger charge is -2.08. The molecule has 1 N–H and O–H groups in total. The second-order valence-electron chi connectivity index (χ2n) is 4.71. The van der Waals surface area contributed by atoms with Crippen molar-refractivity contribution >= 4 is 11.6 Å². The molecule has 0 fully saturated rings. The molecule has 0 saturated heterocycles. The number of allylic oxidation sites excluding steroid dienone is 1. The van der Waals surface area contributed by atoms with Crippen LogP contribution in [-0.2, 0) is 13.1 Å². The van der Waals surface area contributed by atoms with Crippen LogP contribution in [0.25, 0.3) is 0 Å². The molecule has 0 bridgehead atoms. The highest BCUT2D eigenvalue weighted by Gasteiger charge is 2.04. The van der Waals surface area contributed by atoms with Crippen LogP contribution in [0.5, 0.6) is 5.75 Å². The number of nitrogens with one attached hydrogen (secondary N) is 1. The highest BCUT2D eigenvalue weighted by molar-refractivity contribution is 6.32. The minimum absolute atomic E-state index is 0.573. The molecule has 0 aliphatic rings. The average molecular weight is 306 g/mol. The van der Waals surface area contributed by atoms with E-state index in [1.807, 2.05) is 48.1 Å². The van der Waals surface area contributed by atoms with Crippen molar-refractivity contribution < 1.29 is 4.74 Å². The van der Waals surface area contributed by atoms with Crippen LogP contribution in [0.15, 0.2) is 43.1 Å². The summed E-state index contributed by atoms with van der Waals surface area (Å²) < 4.78 is 7.51. The number of halogens is 1. The Kier molecular flexibility index (Phi) is 5.84. The number of hydrogen-bond donors (Lipinski definition) is 1. The molecule has 1 heterocycles. The van der Waals surface area contributed by atoms with Crippen LogP contribution in [0.4, 0.5) is 0 Å². The van der Waals surface area contributed by atoms with Gasteiger partial charge in [-0.05, 0) is 19.1 Å². The third-order valence-corrected chi connectivity index (χ3v) is 3.36. The van der Waals surface area contributed by atoms with Gasteiger partial charge in [0.1, 0.15) is 12.4 Å². The number of aromatic nitrogens is 2. The summed E-state index contributed by atoms with van der Waals surface area (Å²) in [5.74, 6) is 0.718. The van der Waals surface area contributed by atoms with Crippen molar-refractivity contribution in [2.24, 2.45) is 0 Å². The Hall–Kier alpha value is -1.78. The molecule has 21 heavy (non-hydrogen) atoms. The van der Waals surface area contributed by atoms with Crippen molar-refractivity contribution in [1.82, 2.24) is 15.1 Å². The van der Waals surface area contributed by atoms with E-state index in [2.05, 4.69) is 17.0 Å². The predicted octanol–water partition coefficient (Wildman–Crippen LogP) is 3.20. The zero-order valence-electron chi connectivity index (χ0n) is 12.2. The molecule has 2 aromatic rings. The standard InChI is InChI=1S/C16H20ClN3O/c1-3-9-20-12-14(13(2)19-20)11-18-8-10-21-16-7-5-4-6-15(16)17/h3-7,12,18H,1,8-11H2,2H3. The van der Waals surface area contributed by atoms with Gasteiger partial charge in [-0.3, -0.25) is 4.68 Å². The molecule has 0 unspecified atom stereocenters. The zero-order valence-corrected chi connectivity index (χ0v) is 12.9. The normalized spacial score (nSPS) is 10.6. The SMILES string of the molecule is C=CCn1cc(CNCCOc2ccccc2Cl)c(C)n1. The van der Waals surface area contributed by atoms with Gasteiger partial charge in [0, 0.05) is 24.8 Å². The molecule has 0 radical (unpaired) electrons. The second kappa shape index (κ2) is 7.86. The van der Waals surface area contributed by atoms with Crippen LogP contribution >= 0.6 is 11.6 Å². The van der Waals surface area contributed by atoms with Crippen molar-refractivity contribution in [2.45, 2.75) is 20.0 Å². The summed E-state index contributed by atoms with van der Waals surface area (Å²) in [5.41, 5.74) is 2.23. The highest BCUT2D eigenvalue weighted by Crippen LogP contribution is 2.22. The van der Waals surface area contributed by atoms with E-state index in [1.54, 1.807) is 0 Å². The predicted molar refractivity (Wildman–Crippen MR) is 85.8 cm³/mol. The maximum Gasteiger partial charge on any atom is 0.137 e. The van der Waals surface area contributed by atoms with E-state index >= 15 is 0 Å². The van der Waals surface area contributed by atoms with E-state index in [9.17, 15) is 0 Å². The fraction of sp³-hybridized carbons (Fsp3) is 0.312. The van der Waals surface area contributed by atoms with Crippen molar-refractivity contribution in [3.05, 3.63) is 59.4 Å². The molecule has 1 aromatic heterocycles. The molecule has 2 rings (SSSR count). The van der Waals surface area contributed by atoms with E-state index in [1.165, 1.54) is 5.56 Å². The molecule has 0 amide bonds. The zero-order chi connectivity index (χ0) is 15.1. The first-order valence-corrected chi connectivity index (χ1v) is 7.30. The molecule has 4 nitrogen and oxygen atoms in total. The summed E-state index contributed by atoms with van der Waals surface area (Å²) >= 11 is 6.02. The van der Waals surface area contributed by atoms with Gasteiger partial charge in [0.2, 0.25) is 0 Å². The highest BCUT2D eigenvalue weighted by atomic mass is 35.5. The third kappa shape index (κ3) is 4.62. The van der Waals surface area contributed by atoms with Gasteiger partial charge in [-0.25, -0.2) is 0 Å². The van der Waals surface area contributed by atoms with E-state index in [0.717, 1.165) is 31.1 Å². The van der Waals surface area contributed by atoms with Gasteiger partial charge in [0.05, 0.1) is 17.3 Å². The van der Waals surface area contributed by atoms with Crippen LogP contribution < -0.4 is 10.1 Å². The van der Waals surface area contributed by atoms with E-state index in [0.29, 0.717) is 11.6 Å². The smallest absolute Gasteiger partial charge is 0.137 e. The van der Waals surface area contributed by atoms with Gasteiger partial charge < -0.3 is 10.1 Å². The van der Waals surface area contributed by atoms with Crippen molar-refractivity contribution in [3.8, 4) is 5.75 Å². The maximum atomic E-state index is 6.02. The first-order valence-electron chi connectivity index (χ1n) is 6.92. The lowest BCUT2D eigenvalue weighted by molar-refractivity contribution is 0.314. The first kappa shape index (κ1) is 15.6. The molecule has 0 atom stereocenters. The summed E-state index contributed by atoms with van der Waals surface area (Å²) in [6.07, 6.45) is 3.88. The molecule has 0 aliphatic carbocycles. The Labute approximate surface area is 130 Å². The summed E-state index contributed by atoms with van der Waals surface area (Å²) in [6.45, 7) is 8.55. The number of hydrogen-bond acceptors (Lipinski definition) is 3.